The van der Waals surface area contributed by atoms with Crippen LogP contribution in [0.25, 0.3) is 0 Å². The van der Waals surface area contributed by atoms with E-state index in [0.717, 1.165) is 17.2 Å². The van der Waals surface area contributed by atoms with E-state index in [1.807, 2.05) is 32.0 Å². The van der Waals surface area contributed by atoms with Crippen LogP contribution in [0, 0.1) is 36.5 Å². The molecule has 2 fully saturated rings. The van der Waals surface area contributed by atoms with Gasteiger partial charge in [0.15, 0.2) is 0 Å². The van der Waals surface area contributed by atoms with Crippen LogP contribution in [0.1, 0.15) is 45.5 Å². The highest BCUT2D eigenvalue weighted by Gasteiger charge is 2.51. The molecule has 190 valence electrons. The number of hydrogen-bond acceptors (Lipinski definition) is 4. The van der Waals surface area contributed by atoms with Crippen molar-refractivity contribution in [1.82, 2.24) is 10.2 Å². The number of nitriles is 1. The summed E-state index contributed by atoms with van der Waals surface area (Å²) in [7, 11) is 1.56. The maximum Gasteiger partial charge on any atom is 0.417 e. The minimum Gasteiger partial charge on any atom is -0.370 e. The highest BCUT2D eigenvalue weighted by molar-refractivity contribution is 5.96. The minimum absolute atomic E-state index is 0.0423. The van der Waals surface area contributed by atoms with Crippen molar-refractivity contribution in [2.45, 2.75) is 32.9 Å². The number of rotatable bonds is 3. The number of alkyl halides is 3. The van der Waals surface area contributed by atoms with Gasteiger partial charge in [0.05, 0.1) is 23.1 Å². The van der Waals surface area contributed by atoms with Gasteiger partial charge in [-0.05, 0) is 56.5 Å². The number of aryl methyl sites for hydroxylation is 2. The van der Waals surface area contributed by atoms with Gasteiger partial charge >= 0.3 is 6.18 Å². The summed E-state index contributed by atoms with van der Waals surface area (Å²) in [6.07, 6.45) is -3.51. The number of carbonyl (C=O) groups excluding carboxylic acids is 2. The average Bonchev–Trinajstić information content (AvgIpc) is 3.22. The van der Waals surface area contributed by atoms with Crippen LogP contribution in [0.3, 0.4) is 0 Å². The first-order valence-electron chi connectivity index (χ1n) is 11.9. The van der Waals surface area contributed by atoms with E-state index in [1.54, 1.807) is 22.9 Å². The molecule has 1 unspecified atom stereocenters. The van der Waals surface area contributed by atoms with Crippen molar-refractivity contribution < 1.29 is 22.8 Å². The zero-order chi connectivity index (χ0) is 26.3. The normalized spacial score (nSPS) is 19.3. The van der Waals surface area contributed by atoms with Gasteiger partial charge in [0.1, 0.15) is 0 Å². The van der Waals surface area contributed by atoms with Crippen LogP contribution in [0.5, 0.6) is 0 Å². The fourth-order valence-electron chi connectivity index (χ4n) is 5.56. The lowest BCUT2D eigenvalue weighted by molar-refractivity contribution is -0.137. The van der Waals surface area contributed by atoms with Crippen LogP contribution in [0.4, 0.5) is 18.9 Å². The van der Waals surface area contributed by atoms with Crippen LogP contribution in [0.15, 0.2) is 36.4 Å². The zero-order valence-corrected chi connectivity index (χ0v) is 20.6. The summed E-state index contributed by atoms with van der Waals surface area (Å²) < 4.78 is 40.7. The van der Waals surface area contributed by atoms with Crippen molar-refractivity contribution in [3.63, 3.8) is 0 Å². The highest BCUT2D eigenvalue weighted by atomic mass is 19.4. The molecule has 1 atom stereocenters. The molecule has 2 heterocycles. The Hall–Kier alpha value is -3.54. The number of piperidine rings is 1. The third-order valence-corrected chi connectivity index (χ3v) is 7.67. The second-order valence-electron chi connectivity index (χ2n) is 9.86. The van der Waals surface area contributed by atoms with Crippen LogP contribution in [-0.2, 0) is 11.0 Å². The molecule has 2 amide bonds. The monoisotopic (exact) mass is 498 g/mol. The molecule has 2 aromatic carbocycles. The summed E-state index contributed by atoms with van der Waals surface area (Å²) in [5, 5.41) is 11.8. The van der Waals surface area contributed by atoms with Crippen molar-refractivity contribution in [2.24, 2.45) is 11.3 Å². The first kappa shape index (κ1) is 25.5. The van der Waals surface area contributed by atoms with E-state index in [1.165, 1.54) is 12.1 Å². The predicted molar refractivity (Wildman–Crippen MR) is 129 cm³/mol. The number of halogens is 3. The summed E-state index contributed by atoms with van der Waals surface area (Å²) in [6.45, 7) is 5.45. The zero-order valence-electron chi connectivity index (χ0n) is 20.6. The second-order valence-corrected chi connectivity index (χ2v) is 9.86. The van der Waals surface area contributed by atoms with Crippen molar-refractivity contribution in [3.05, 3.63) is 64.2 Å². The van der Waals surface area contributed by atoms with Crippen molar-refractivity contribution >= 4 is 17.5 Å². The molecule has 6 nitrogen and oxygen atoms in total. The topological polar surface area (TPSA) is 76.4 Å². The fraction of sp³-hybridized carbons (Fsp3) is 0.444. The minimum atomic E-state index is -4.65. The second kappa shape index (κ2) is 9.49. The molecule has 1 N–H and O–H groups in total. The van der Waals surface area contributed by atoms with Gasteiger partial charge in [-0.2, -0.15) is 18.4 Å². The molecule has 0 saturated carbocycles. The fourth-order valence-corrected chi connectivity index (χ4v) is 5.56. The molecule has 2 aliphatic heterocycles. The Kier molecular flexibility index (Phi) is 6.74. The van der Waals surface area contributed by atoms with E-state index < -0.39 is 28.6 Å². The number of benzene rings is 2. The Bertz CT molecular complexity index is 1230. The van der Waals surface area contributed by atoms with Gasteiger partial charge < -0.3 is 15.1 Å². The molecule has 1 spiro atoms. The summed E-state index contributed by atoms with van der Waals surface area (Å²) in [4.78, 5) is 29.7. The molecule has 2 saturated heterocycles. The summed E-state index contributed by atoms with van der Waals surface area (Å²) in [5.74, 6) is -0.624. The molecular weight excluding hydrogens is 469 g/mol. The summed E-state index contributed by atoms with van der Waals surface area (Å²) >= 11 is 0. The van der Waals surface area contributed by atoms with Gasteiger partial charge in [-0.1, -0.05) is 17.7 Å². The molecule has 36 heavy (non-hydrogen) atoms. The van der Waals surface area contributed by atoms with E-state index in [9.17, 15) is 22.8 Å². The van der Waals surface area contributed by atoms with Crippen LogP contribution < -0.4 is 10.2 Å². The van der Waals surface area contributed by atoms with Gasteiger partial charge in [0.25, 0.3) is 5.91 Å². The van der Waals surface area contributed by atoms with Crippen molar-refractivity contribution in [3.8, 4) is 6.07 Å². The number of likely N-dealkylation sites (tertiary alicyclic amines) is 1. The lowest BCUT2D eigenvalue weighted by Gasteiger charge is -2.42. The number of nitrogens with one attached hydrogen (secondary N) is 1. The quantitative estimate of drug-likeness (QED) is 0.685. The van der Waals surface area contributed by atoms with Gasteiger partial charge in [0.2, 0.25) is 5.91 Å². The first-order chi connectivity index (χ1) is 17.0. The van der Waals surface area contributed by atoms with Crippen LogP contribution in [0.2, 0.25) is 0 Å². The molecule has 2 aromatic rings. The molecule has 0 aliphatic carbocycles. The van der Waals surface area contributed by atoms with E-state index in [-0.39, 0.29) is 18.4 Å². The Morgan fingerprint density at radius 3 is 2.42 bits per heavy atom. The van der Waals surface area contributed by atoms with Gasteiger partial charge in [-0.3, -0.25) is 9.59 Å². The average molecular weight is 499 g/mol. The Morgan fingerprint density at radius 2 is 1.81 bits per heavy atom. The molecule has 9 heteroatoms. The molecule has 4 rings (SSSR count). The number of nitrogens with zero attached hydrogens (tertiary/aromatic N) is 3. The SMILES string of the molecule is CNC(=O)C1CN(c2ccc(C#N)c(C(F)(F)F)c2)CC12CCN(C(=O)c1cc(C)ccc1C)CC2. The third-order valence-electron chi connectivity index (χ3n) is 7.67. The molecule has 0 aromatic heterocycles. The van der Waals surface area contributed by atoms with Gasteiger partial charge in [-0.15, -0.1) is 0 Å². The maximum absolute atomic E-state index is 13.6. The Balaban J connectivity index is 1.58. The lowest BCUT2D eigenvalue weighted by atomic mass is 9.70. The largest absolute Gasteiger partial charge is 0.417 e. The molecule has 2 aliphatic rings. The third kappa shape index (κ3) is 4.64. The molecule has 0 bridgehead atoms. The van der Waals surface area contributed by atoms with Crippen molar-refractivity contribution in [2.75, 3.05) is 38.1 Å². The first-order valence-corrected chi connectivity index (χ1v) is 11.9. The molecular formula is C27H29F3N4O2. The number of carbonyl (C=O) groups is 2. The van der Waals surface area contributed by atoms with E-state index in [4.69, 9.17) is 5.26 Å². The van der Waals surface area contributed by atoms with E-state index in [2.05, 4.69) is 5.32 Å². The summed E-state index contributed by atoms with van der Waals surface area (Å²) in [6, 6.07) is 11.1. The Labute approximate surface area is 208 Å². The highest BCUT2D eigenvalue weighted by Crippen LogP contribution is 2.47. The van der Waals surface area contributed by atoms with Gasteiger partial charge in [-0.25, -0.2) is 0 Å². The van der Waals surface area contributed by atoms with E-state index in [0.29, 0.717) is 43.7 Å². The molecule has 0 radical (unpaired) electrons. The predicted octanol–water partition coefficient (Wildman–Crippen LogP) is 4.30. The lowest BCUT2D eigenvalue weighted by Crippen LogP contribution is -2.49. The number of amides is 2. The van der Waals surface area contributed by atoms with E-state index >= 15 is 0 Å². The van der Waals surface area contributed by atoms with Crippen LogP contribution >= 0.6 is 0 Å². The van der Waals surface area contributed by atoms with Gasteiger partial charge in [0, 0.05) is 49.9 Å². The summed E-state index contributed by atoms with van der Waals surface area (Å²) in [5.41, 5.74) is 1.03. The Morgan fingerprint density at radius 1 is 1.11 bits per heavy atom. The van der Waals surface area contributed by atoms with Crippen molar-refractivity contribution in [1.29, 1.82) is 5.26 Å². The number of hydrogen-bond donors (Lipinski definition) is 1. The van der Waals surface area contributed by atoms with Crippen LogP contribution in [-0.4, -0.2) is 49.9 Å². The standard InChI is InChI=1S/C27H29F3N4O2/c1-17-4-5-18(2)21(12-17)25(36)33-10-8-26(9-11-33)16-34(15-23(26)24(35)32-3)20-7-6-19(14-31)22(13-20)27(28,29)30/h4-7,12-13,23H,8-11,15-16H2,1-3H3,(H,32,35). The smallest absolute Gasteiger partial charge is 0.370 e. The number of anilines is 1. The maximum atomic E-state index is 13.6.